The molecule has 0 N–H and O–H groups in total. The fourth-order valence-corrected chi connectivity index (χ4v) is 3.32. The Morgan fingerprint density at radius 2 is 1.75 bits per heavy atom. The van der Waals surface area contributed by atoms with Crippen LogP contribution in [0.5, 0.6) is 0 Å². The van der Waals surface area contributed by atoms with E-state index in [9.17, 15) is 4.79 Å². The van der Waals surface area contributed by atoms with Crippen molar-refractivity contribution in [3.63, 3.8) is 0 Å². The van der Waals surface area contributed by atoms with Crippen LogP contribution in [0.2, 0.25) is 0 Å². The molecule has 118 valence electrons. The molecule has 24 heavy (non-hydrogen) atoms. The fourth-order valence-electron chi connectivity index (χ4n) is 3.32. The predicted molar refractivity (Wildman–Crippen MR) is 97.5 cm³/mol. The first-order chi connectivity index (χ1) is 11.6. The largest absolute Gasteiger partial charge is 0.321 e. The molecule has 0 bridgehead atoms. The van der Waals surface area contributed by atoms with Crippen molar-refractivity contribution in [2.45, 2.75) is 20.4 Å². The maximum Gasteiger partial charge on any atom is 0.178 e. The number of rotatable bonds is 3. The molecular formula is C21H18N2O. The van der Waals surface area contributed by atoms with Crippen molar-refractivity contribution in [2.24, 2.45) is 0 Å². The van der Waals surface area contributed by atoms with E-state index >= 15 is 0 Å². The van der Waals surface area contributed by atoms with Gasteiger partial charge in [-0.1, -0.05) is 48.5 Å². The summed E-state index contributed by atoms with van der Waals surface area (Å²) < 4.78 is 2.21. The lowest BCUT2D eigenvalue weighted by atomic mass is 10.1. The molecular weight excluding hydrogens is 296 g/mol. The lowest BCUT2D eigenvalue weighted by molar-refractivity contribution is 0.101. The molecule has 0 saturated heterocycles. The van der Waals surface area contributed by atoms with Gasteiger partial charge < -0.3 is 4.57 Å². The van der Waals surface area contributed by atoms with Gasteiger partial charge in [0.1, 0.15) is 11.3 Å². The second-order valence-corrected chi connectivity index (χ2v) is 6.17. The van der Waals surface area contributed by atoms with Gasteiger partial charge in [-0.2, -0.15) is 0 Å². The van der Waals surface area contributed by atoms with Crippen LogP contribution < -0.4 is 0 Å². The summed E-state index contributed by atoms with van der Waals surface area (Å²) >= 11 is 0. The number of carbonyl (C=O) groups is 1. The number of nitrogens with zero attached hydrogens (tertiary/aromatic N) is 2. The molecule has 3 heteroatoms. The number of hydrogen-bond acceptors (Lipinski definition) is 2. The van der Waals surface area contributed by atoms with E-state index in [1.54, 1.807) is 6.92 Å². The van der Waals surface area contributed by atoms with Crippen LogP contribution in [-0.2, 0) is 6.54 Å². The molecule has 0 radical (unpaired) electrons. The van der Waals surface area contributed by atoms with Crippen LogP contribution in [0.15, 0.2) is 60.7 Å². The Morgan fingerprint density at radius 1 is 1.04 bits per heavy atom. The minimum atomic E-state index is -0.00322. The zero-order valence-corrected chi connectivity index (χ0v) is 13.8. The Kier molecular flexibility index (Phi) is 3.42. The van der Waals surface area contributed by atoms with Gasteiger partial charge in [0.15, 0.2) is 5.78 Å². The van der Waals surface area contributed by atoms with Crippen molar-refractivity contribution in [3.05, 3.63) is 77.5 Å². The maximum absolute atomic E-state index is 11.9. The zero-order chi connectivity index (χ0) is 16.7. The SMILES string of the molecule is CC(=O)c1cc(C)c2c3ccccc3n(Cc3ccccc3)c2n1. The van der Waals surface area contributed by atoms with Crippen LogP contribution >= 0.6 is 0 Å². The Hall–Kier alpha value is -2.94. The molecule has 4 rings (SSSR count). The zero-order valence-electron chi connectivity index (χ0n) is 13.8. The van der Waals surface area contributed by atoms with E-state index in [1.165, 1.54) is 10.9 Å². The number of para-hydroxylation sites is 1. The maximum atomic E-state index is 11.9. The van der Waals surface area contributed by atoms with Crippen LogP contribution in [0.1, 0.15) is 28.5 Å². The number of pyridine rings is 1. The third kappa shape index (κ3) is 2.29. The second-order valence-electron chi connectivity index (χ2n) is 6.17. The highest BCUT2D eigenvalue weighted by Crippen LogP contribution is 2.31. The topological polar surface area (TPSA) is 34.9 Å². The highest BCUT2D eigenvalue weighted by atomic mass is 16.1. The van der Waals surface area contributed by atoms with E-state index in [2.05, 4.69) is 40.7 Å². The molecule has 0 aliphatic carbocycles. The van der Waals surface area contributed by atoms with Crippen LogP contribution in [-0.4, -0.2) is 15.3 Å². The fraction of sp³-hybridized carbons (Fsp3) is 0.143. The molecule has 0 fully saturated rings. The molecule has 2 heterocycles. The molecule has 3 nitrogen and oxygen atoms in total. The molecule has 2 aromatic heterocycles. The molecule has 0 saturated carbocycles. The first kappa shape index (κ1) is 14.6. The van der Waals surface area contributed by atoms with Crippen LogP contribution in [0.25, 0.3) is 21.9 Å². The molecule has 4 aromatic rings. The Bertz CT molecular complexity index is 1060. The van der Waals surface area contributed by atoms with Crippen LogP contribution in [0.4, 0.5) is 0 Å². The van der Waals surface area contributed by atoms with Gasteiger partial charge in [-0.15, -0.1) is 0 Å². The highest BCUT2D eigenvalue weighted by Gasteiger charge is 2.16. The average molecular weight is 314 g/mol. The summed E-state index contributed by atoms with van der Waals surface area (Å²) in [7, 11) is 0. The van der Waals surface area contributed by atoms with E-state index < -0.39 is 0 Å². The first-order valence-corrected chi connectivity index (χ1v) is 8.08. The van der Waals surface area contributed by atoms with Gasteiger partial charge >= 0.3 is 0 Å². The summed E-state index contributed by atoms with van der Waals surface area (Å²) in [5.74, 6) is -0.00322. The van der Waals surface area contributed by atoms with Gasteiger partial charge in [0.25, 0.3) is 0 Å². The third-order valence-corrected chi connectivity index (χ3v) is 4.46. The Morgan fingerprint density at radius 3 is 2.50 bits per heavy atom. The molecule has 0 atom stereocenters. The normalized spacial score (nSPS) is 11.2. The molecule has 0 aliphatic rings. The number of benzene rings is 2. The van der Waals surface area contributed by atoms with Crippen molar-refractivity contribution in [2.75, 3.05) is 0 Å². The number of fused-ring (bicyclic) bond motifs is 3. The standard InChI is InChI=1S/C21H18N2O/c1-14-12-18(15(2)24)22-21-20(14)17-10-6-7-11-19(17)23(21)13-16-8-4-3-5-9-16/h3-12H,13H2,1-2H3. The van der Waals surface area contributed by atoms with E-state index in [-0.39, 0.29) is 5.78 Å². The number of aromatic nitrogens is 2. The Balaban J connectivity index is 2.06. The van der Waals surface area contributed by atoms with E-state index in [4.69, 9.17) is 0 Å². The van der Waals surface area contributed by atoms with E-state index in [0.29, 0.717) is 5.69 Å². The summed E-state index contributed by atoms with van der Waals surface area (Å²) in [5, 5.41) is 2.31. The minimum absolute atomic E-state index is 0.00322. The number of Topliss-reactive ketones (excluding diaryl/α,β-unsaturated/α-hetero) is 1. The summed E-state index contributed by atoms with van der Waals surface area (Å²) in [6.07, 6.45) is 0. The summed E-state index contributed by atoms with van der Waals surface area (Å²) in [6, 6.07) is 20.6. The monoisotopic (exact) mass is 314 g/mol. The van der Waals surface area contributed by atoms with Gasteiger partial charge in [0, 0.05) is 24.2 Å². The summed E-state index contributed by atoms with van der Waals surface area (Å²) in [4.78, 5) is 16.5. The minimum Gasteiger partial charge on any atom is -0.321 e. The van der Waals surface area contributed by atoms with Gasteiger partial charge in [-0.3, -0.25) is 4.79 Å². The van der Waals surface area contributed by atoms with E-state index in [0.717, 1.165) is 28.7 Å². The smallest absolute Gasteiger partial charge is 0.178 e. The Labute approximate surface area is 140 Å². The molecule has 2 aromatic carbocycles. The van der Waals surface area contributed by atoms with Crippen molar-refractivity contribution in [1.82, 2.24) is 9.55 Å². The third-order valence-electron chi connectivity index (χ3n) is 4.46. The summed E-state index contributed by atoms with van der Waals surface area (Å²) in [5.41, 5.74) is 4.86. The lowest BCUT2D eigenvalue weighted by Crippen LogP contribution is -2.04. The van der Waals surface area contributed by atoms with Gasteiger partial charge in [0.05, 0.1) is 5.52 Å². The quantitative estimate of drug-likeness (QED) is 0.512. The van der Waals surface area contributed by atoms with E-state index in [1.807, 2.05) is 36.4 Å². The van der Waals surface area contributed by atoms with Crippen LogP contribution in [0, 0.1) is 6.92 Å². The van der Waals surface area contributed by atoms with Crippen molar-refractivity contribution in [3.8, 4) is 0 Å². The summed E-state index contributed by atoms with van der Waals surface area (Å²) in [6.45, 7) is 4.35. The van der Waals surface area contributed by atoms with Crippen molar-refractivity contribution >= 4 is 27.7 Å². The molecule has 0 aliphatic heterocycles. The number of aryl methyl sites for hydroxylation is 1. The van der Waals surface area contributed by atoms with Gasteiger partial charge in [-0.25, -0.2) is 4.98 Å². The predicted octanol–water partition coefficient (Wildman–Crippen LogP) is 4.75. The number of ketones is 1. The van der Waals surface area contributed by atoms with Crippen molar-refractivity contribution in [1.29, 1.82) is 0 Å². The van der Waals surface area contributed by atoms with Crippen LogP contribution in [0.3, 0.4) is 0 Å². The number of hydrogen-bond donors (Lipinski definition) is 0. The second kappa shape index (κ2) is 5.60. The lowest BCUT2D eigenvalue weighted by Gasteiger charge is -2.08. The molecule has 0 amide bonds. The average Bonchev–Trinajstić information content (AvgIpc) is 2.90. The molecule has 0 unspecified atom stereocenters. The number of carbonyl (C=O) groups excluding carboxylic acids is 1. The highest BCUT2D eigenvalue weighted by molar-refractivity contribution is 6.09. The van der Waals surface area contributed by atoms with Crippen molar-refractivity contribution < 1.29 is 4.79 Å². The first-order valence-electron chi connectivity index (χ1n) is 8.08. The van der Waals surface area contributed by atoms with Gasteiger partial charge in [-0.05, 0) is 30.2 Å². The molecule has 0 spiro atoms. The van der Waals surface area contributed by atoms with Gasteiger partial charge in [0.2, 0.25) is 0 Å².